The summed E-state index contributed by atoms with van der Waals surface area (Å²) in [6.07, 6.45) is 0. The number of anilines is 1. The molecule has 0 aliphatic carbocycles. The van der Waals surface area contributed by atoms with Gasteiger partial charge in [-0.25, -0.2) is 4.79 Å². The van der Waals surface area contributed by atoms with E-state index >= 15 is 0 Å². The maximum absolute atomic E-state index is 12.3. The molecule has 110 valence electrons. The molecule has 1 aromatic heterocycles. The summed E-state index contributed by atoms with van der Waals surface area (Å²) in [5, 5.41) is 2.44. The molecule has 21 heavy (non-hydrogen) atoms. The number of carbonyl (C=O) groups excluding carboxylic acids is 2. The molecule has 3 N–H and O–H groups in total. The first-order valence-corrected chi connectivity index (χ1v) is 7.31. The van der Waals surface area contributed by atoms with Crippen LogP contribution in [0, 0.1) is 0 Å². The highest BCUT2D eigenvalue weighted by molar-refractivity contribution is 7.16. The van der Waals surface area contributed by atoms with Crippen molar-refractivity contribution in [1.29, 1.82) is 0 Å². The van der Waals surface area contributed by atoms with Crippen LogP contribution in [0.25, 0.3) is 0 Å². The number of nitrogens with two attached hydrogens (primary N) is 1. The summed E-state index contributed by atoms with van der Waals surface area (Å²) < 4.78 is 0.702. The molecule has 7 heteroatoms. The lowest BCUT2D eigenvalue weighted by Gasteiger charge is -2.16. The Kier molecular flexibility index (Phi) is 4.82. The zero-order valence-corrected chi connectivity index (χ0v) is 12.9. The van der Waals surface area contributed by atoms with Crippen molar-refractivity contribution in [2.24, 2.45) is 5.73 Å². The third-order valence-corrected chi connectivity index (χ3v) is 3.98. The monoisotopic (exact) mass is 323 g/mol. The van der Waals surface area contributed by atoms with Crippen LogP contribution in [-0.2, 0) is 6.54 Å². The maximum Gasteiger partial charge on any atom is 0.316 e. The molecule has 0 radical (unpaired) electrons. The van der Waals surface area contributed by atoms with E-state index in [0.29, 0.717) is 22.1 Å². The molecule has 1 aromatic carbocycles. The molecule has 3 amide bonds. The summed E-state index contributed by atoms with van der Waals surface area (Å²) in [5.74, 6) is -0.106. The predicted octanol–water partition coefficient (Wildman–Crippen LogP) is 3.16. The van der Waals surface area contributed by atoms with Crippen molar-refractivity contribution in [2.45, 2.75) is 6.54 Å². The van der Waals surface area contributed by atoms with Gasteiger partial charge in [-0.15, -0.1) is 11.3 Å². The zero-order chi connectivity index (χ0) is 15.4. The molecule has 2 aromatic rings. The maximum atomic E-state index is 12.3. The van der Waals surface area contributed by atoms with Crippen LogP contribution < -0.4 is 11.1 Å². The fraction of sp³-hybridized carbons (Fsp3) is 0.143. The number of rotatable bonds is 4. The van der Waals surface area contributed by atoms with Gasteiger partial charge in [-0.1, -0.05) is 11.6 Å². The van der Waals surface area contributed by atoms with Crippen LogP contribution in [0.4, 0.5) is 10.5 Å². The lowest BCUT2D eigenvalue weighted by atomic mass is 10.2. The molecule has 0 bridgehead atoms. The Balaban J connectivity index is 2.03. The van der Waals surface area contributed by atoms with Crippen LogP contribution >= 0.6 is 22.9 Å². The molecule has 0 aliphatic rings. The Morgan fingerprint density at radius 1 is 1.24 bits per heavy atom. The second-order valence-corrected chi connectivity index (χ2v) is 6.23. The normalized spacial score (nSPS) is 10.2. The third kappa shape index (κ3) is 4.21. The fourth-order valence-corrected chi connectivity index (χ4v) is 2.94. The summed E-state index contributed by atoms with van der Waals surface area (Å²) >= 11 is 7.32. The summed E-state index contributed by atoms with van der Waals surface area (Å²) in [6.45, 7) is 0.498. The molecule has 2 rings (SSSR count). The lowest BCUT2D eigenvalue weighted by molar-refractivity contribution is 0.0786. The van der Waals surface area contributed by atoms with Crippen molar-refractivity contribution in [2.75, 3.05) is 12.4 Å². The van der Waals surface area contributed by atoms with E-state index in [1.165, 1.54) is 11.3 Å². The number of primary amides is 1. The summed E-state index contributed by atoms with van der Waals surface area (Å²) in [4.78, 5) is 25.6. The first kappa shape index (κ1) is 15.3. The molecule has 0 spiro atoms. The average Bonchev–Trinajstić information content (AvgIpc) is 2.83. The predicted molar refractivity (Wildman–Crippen MR) is 84.8 cm³/mol. The quantitative estimate of drug-likeness (QED) is 0.906. The molecule has 0 fully saturated rings. The second-order valence-electron chi connectivity index (χ2n) is 4.43. The van der Waals surface area contributed by atoms with Gasteiger partial charge in [0.1, 0.15) is 0 Å². The number of nitrogens with zero attached hydrogens (tertiary/aromatic N) is 1. The molecule has 0 atom stereocenters. The van der Waals surface area contributed by atoms with Crippen LogP contribution in [-0.4, -0.2) is 23.9 Å². The molecular formula is C14H14ClN3O2S. The Bertz CT molecular complexity index is 654. The van der Waals surface area contributed by atoms with Gasteiger partial charge in [0.25, 0.3) is 5.91 Å². The third-order valence-electron chi connectivity index (χ3n) is 2.77. The highest BCUT2D eigenvalue weighted by atomic mass is 35.5. The van der Waals surface area contributed by atoms with Gasteiger partial charge in [0, 0.05) is 23.2 Å². The van der Waals surface area contributed by atoms with Crippen molar-refractivity contribution in [1.82, 2.24) is 4.90 Å². The van der Waals surface area contributed by atoms with Crippen LogP contribution in [0.15, 0.2) is 36.4 Å². The van der Waals surface area contributed by atoms with E-state index < -0.39 is 6.03 Å². The standard InChI is InChI=1S/C14H14ClN3O2S/c1-18(8-11-6-7-12(15)21-11)13(19)9-2-4-10(5-3-9)17-14(16)20/h2-7H,8H2,1H3,(H3,16,17,20). The molecule has 0 saturated carbocycles. The van der Waals surface area contributed by atoms with Crippen LogP contribution in [0.2, 0.25) is 4.34 Å². The van der Waals surface area contributed by atoms with Crippen molar-refractivity contribution < 1.29 is 9.59 Å². The average molecular weight is 324 g/mol. The Labute approximate surface area is 131 Å². The fourth-order valence-electron chi connectivity index (χ4n) is 1.80. The van der Waals surface area contributed by atoms with E-state index in [1.54, 1.807) is 36.2 Å². The number of thiophene rings is 1. The van der Waals surface area contributed by atoms with Gasteiger partial charge in [0.2, 0.25) is 0 Å². The highest BCUT2D eigenvalue weighted by Gasteiger charge is 2.13. The number of carbonyl (C=O) groups is 2. The summed E-state index contributed by atoms with van der Waals surface area (Å²) in [7, 11) is 1.73. The van der Waals surface area contributed by atoms with E-state index in [9.17, 15) is 9.59 Å². The van der Waals surface area contributed by atoms with Gasteiger partial charge in [0.05, 0.1) is 10.9 Å². The van der Waals surface area contributed by atoms with Crippen molar-refractivity contribution in [3.05, 3.63) is 51.2 Å². The SMILES string of the molecule is CN(Cc1ccc(Cl)s1)C(=O)c1ccc(NC(N)=O)cc1. The first-order chi connectivity index (χ1) is 9.95. The topological polar surface area (TPSA) is 75.4 Å². The highest BCUT2D eigenvalue weighted by Crippen LogP contribution is 2.23. The Morgan fingerprint density at radius 3 is 2.43 bits per heavy atom. The van der Waals surface area contributed by atoms with E-state index in [2.05, 4.69) is 5.32 Å². The van der Waals surface area contributed by atoms with E-state index in [0.717, 1.165) is 4.88 Å². The van der Waals surface area contributed by atoms with Crippen LogP contribution in [0.5, 0.6) is 0 Å². The van der Waals surface area contributed by atoms with Crippen LogP contribution in [0.3, 0.4) is 0 Å². The number of nitrogens with one attached hydrogen (secondary N) is 1. The molecule has 5 nitrogen and oxygen atoms in total. The van der Waals surface area contributed by atoms with E-state index in [1.807, 2.05) is 12.1 Å². The molecular weight excluding hydrogens is 310 g/mol. The van der Waals surface area contributed by atoms with Crippen molar-refractivity contribution >= 4 is 40.6 Å². The number of urea groups is 1. The number of amides is 3. The minimum absolute atomic E-state index is 0.106. The smallest absolute Gasteiger partial charge is 0.316 e. The number of halogens is 1. The van der Waals surface area contributed by atoms with Crippen LogP contribution in [0.1, 0.15) is 15.2 Å². The number of hydrogen-bond donors (Lipinski definition) is 2. The molecule has 0 saturated heterocycles. The summed E-state index contributed by atoms with van der Waals surface area (Å²) in [6, 6.07) is 9.63. The lowest BCUT2D eigenvalue weighted by Crippen LogP contribution is -2.25. The molecule has 0 aliphatic heterocycles. The largest absolute Gasteiger partial charge is 0.351 e. The van der Waals surface area contributed by atoms with Gasteiger partial charge in [-0.3, -0.25) is 4.79 Å². The Hall–Kier alpha value is -2.05. The minimum atomic E-state index is -0.638. The van der Waals surface area contributed by atoms with Gasteiger partial charge < -0.3 is 16.0 Å². The van der Waals surface area contributed by atoms with E-state index in [4.69, 9.17) is 17.3 Å². The van der Waals surface area contributed by atoms with Gasteiger partial charge in [0.15, 0.2) is 0 Å². The summed E-state index contributed by atoms with van der Waals surface area (Å²) in [5.41, 5.74) is 6.11. The second kappa shape index (κ2) is 6.60. The zero-order valence-electron chi connectivity index (χ0n) is 11.3. The van der Waals surface area contributed by atoms with Gasteiger partial charge in [-0.2, -0.15) is 0 Å². The molecule has 1 heterocycles. The van der Waals surface area contributed by atoms with Crippen molar-refractivity contribution in [3.8, 4) is 0 Å². The Morgan fingerprint density at radius 2 is 1.90 bits per heavy atom. The van der Waals surface area contributed by atoms with E-state index in [-0.39, 0.29) is 5.91 Å². The first-order valence-electron chi connectivity index (χ1n) is 6.12. The number of hydrogen-bond acceptors (Lipinski definition) is 3. The molecule has 0 unspecified atom stereocenters. The van der Waals surface area contributed by atoms with Gasteiger partial charge in [-0.05, 0) is 36.4 Å². The number of benzene rings is 1. The minimum Gasteiger partial charge on any atom is -0.351 e. The van der Waals surface area contributed by atoms with Gasteiger partial charge >= 0.3 is 6.03 Å². The van der Waals surface area contributed by atoms with Crippen molar-refractivity contribution in [3.63, 3.8) is 0 Å².